The Morgan fingerprint density at radius 1 is 1.11 bits per heavy atom. The van der Waals surface area contributed by atoms with Crippen LogP contribution in [-0.4, -0.2) is 61.7 Å². The highest BCUT2D eigenvalue weighted by atomic mass is 15.3. The molecule has 0 unspecified atom stereocenters. The fraction of sp³-hybridized carbons (Fsp3) is 0.867. The molecule has 0 spiro atoms. The lowest BCUT2D eigenvalue weighted by Crippen LogP contribution is -2.52. The largest absolute Gasteiger partial charge is 0.313 e. The van der Waals surface area contributed by atoms with Crippen molar-refractivity contribution < 1.29 is 0 Å². The van der Waals surface area contributed by atoms with E-state index in [2.05, 4.69) is 55.9 Å². The first-order chi connectivity index (χ1) is 8.39. The Labute approximate surface area is 113 Å². The van der Waals surface area contributed by atoms with E-state index in [1.807, 2.05) is 0 Å². The summed E-state index contributed by atoms with van der Waals surface area (Å²) in [7, 11) is 2.19. The molecule has 1 fully saturated rings. The standard InChI is InChI=1S/C9H20N2.C6H11N/c1-9(2,3)11-7-5-10(4)6-8-11;1-6-2-4-7-5-3-6/h5-8H2,1-4H3;2,7H,3-5H2,1H3. The SMILES string of the molecule is CC1=CCNCC1.CN1CCN(C(C)(C)C)CC1. The van der Waals surface area contributed by atoms with Crippen LogP contribution >= 0.6 is 0 Å². The summed E-state index contributed by atoms with van der Waals surface area (Å²) in [6, 6.07) is 0. The van der Waals surface area contributed by atoms with E-state index in [4.69, 9.17) is 0 Å². The maximum Gasteiger partial charge on any atom is 0.0137 e. The number of hydrogen-bond acceptors (Lipinski definition) is 3. The van der Waals surface area contributed by atoms with Crippen molar-refractivity contribution in [1.82, 2.24) is 15.1 Å². The molecule has 2 rings (SSSR count). The van der Waals surface area contributed by atoms with Gasteiger partial charge in [0.25, 0.3) is 0 Å². The first-order valence-corrected chi connectivity index (χ1v) is 7.19. The van der Waals surface area contributed by atoms with Gasteiger partial charge in [-0.05, 0) is 47.7 Å². The van der Waals surface area contributed by atoms with Crippen molar-refractivity contribution in [3.63, 3.8) is 0 Å². The van der Waals surface area contributed by atoms with Crippen LogP contribution in [0.3, 0.4) is 0 Å². The molecule has 2 aliphatic heterocycles. The van der Waals surface area contributed by atoms with Gasteiger partial charge in [0.1, 0.15) is 0 Å². The van der Waals surface area contributed by atoms with Crippen LogP contribution in [-0.2, 0) is 0 Å². The van der Waals surface area contributed by atoms with Gasteiger partial charge in [0, 0.05) is 38.3 Å². The van der Waals surface area contributed by atoms with Crippen LogP contribution in [0.5, 0.6) is 0 Å². The Hall–Kier alpha value is -0.380. The predicted octanol–water partition coefficient (Wildman–Crippen LogP) is 1.96. The van der Waals surface area contributed by atoms with E-state index in [0.29, 0.717) is 5.54 Å². The van der Waals surface area contributed by atoms with Crippen LogP contribution in [0.25, 0.3) is 0 Å². The van der Waals surface area contributed by atoms with Gasteiger partial charge in [0.15, 0.2) is 0 Å². The molecule has 1 saturated heterocycles. The van der Waals surface area contributed by atoms with Gasteiger partial charge in [0.05, 0.1) is 0 Å². The molecule has 0 aromatic carbocycles. The highest BCUT2D eigenvalue weighted by molar-refractivity contribution is 5.02. The van der Waals surface area contributed by atoms with Crippen LogP contribution < -0.4 is 5.32 Å². The number of nitrogens with zero attached hydrogens (tertiary/aromatic N) is 2. The zero-order valence-corrected chi connectivity index (χ0v) is 12.9. The van der Waals surface area contributed by atoms with E-state index < -0.39 is 0 Å². The lowest BCUT2D eigenvalue weighted by molar-refractivity contribution is 0.0735. The fourth-order valence-electron chi connectivity index (χ4n) is 2.21. The fourth-order valence-corrected chi connectivity index (χ4v) is 2.21. The molecule has 0 aromatic rings. The zero-order chi connectivity index (χ0) is 13.6. The second kappa shape index (κ2) is 7.27. The number of rotatable bonds is 0. The van der Waals surface area contributed by atoms with Crippen molar-refractivity contribution in [3.05, 3.63) is 11.6 Å². The molecule has 0 aliphatic carbocycles. The first-order valence-electron chi connectivity index (χ1n) is 7.19. The molecule has 2 aliphatic rings. The molecule has 0 atom stereocenters. The molecule has 0 saturated carbocycles. The number of nitrogens with one attached hydrogen (secondary N) is 1. The van der Waals surface area contributed by atoms with Gasteiger partial charge in [-0.3, -0.25) is 4.90 Å². The number of likely N-dealkylation sites (N-methyl/N-ethyl adjacent to an activating group) is 1. The lowest BCUT2D eigenvalue weighted by Gasteiger charge is -2.41. The van der Waals surface area contributed by atoms with E-state index in [1.54, 1.807) is 0 Å². The Kier molecular flexibility index (Phi) is 6.33. The summed E-state index contributed by atoms with van der Waals surface area (Å²) >= 11 is 0. The van der Waals surface area contributed by atoms with Crippen molar-refractivity contribution in [2.45, 2.75) is 39.7 Å². The molecular weight excluding hydrogens is 222 g/mol. The summed E-state index contributed by atoms with van der Waals surface area (Å²) in [4.78, 5) is 4.94. The maximum atomic E-state index is 3.24. The summed E-state index contributed by atoms with van der Waals surface area (Å²) in [6.07, 6.45) is 3.48. The summed E-state index contributed by atoms with van der Waals surface area (Å²) < 4.78 is 0. The van der Waals surface area contributed by atoms with Crippen molar-refractivity contribution in [2.75, 3.05) is 46.3 Å². The van der Waals surface area contributed by atoms with Crippen LogP contribution in [0.4, 0.5) is 0 Å². The van der Waals surface area contributed by atoms with Crippen molar-refractivity contribution in [3.8, 4) is 0 Å². The second-order valence-electron chi connectivity index (χ2n) is 6.47. The van der Waals surface area contributed by atoms with Crippen LogP contribution in [0, 0.1) is 0 Å². The number of hydrogen-bond donors (Lipinski definition) is 1. The topological polar surface area (TPSA) is 18.5 Å². The van der Waals surface area contributed by atoms with Gasteiger partial charge in [-0.15, -0.1) is 0 Å². The normalized spacial score (nSPS) is 23.1. The Morgan fingerprint density at radius 3 is 2.06 bits per heavy atom. The Morgan fingerprint density at radius 2 is 1.72 bits per heavy atom. The number of piperazine rings is 1. The summed E-state index contributed by atoms with van der Waals surface area (Å²) in [5, 5.41) is 3.24. The maximum absolute atomic E-state index is 3.24. The van der Waals surface area contributed by atoms with Gasteiger partial charge >= 0.3 is 0 Å². The Bertz CT molecular complexity index is 257. The molecular formula is C15H31N3. The van der Waals surface area contributed by atoms with Gasteiger partial charge in [-0.1, -0.05) is 11.6 Å². The first kappa shape index (κ1) is 15.7. The highest BCUT2D eigenvalue weighted by Gasteiger charge is 2.23. The molecule has 0 amide bonds. The molecule has 3 heteroatoms. The second-order valence-corrected chi connectivity index (χ2v) is 6.47. The highest BCUT2D eigenvalue weighted by Crippen LogP contribution is 2.14. The van der Waals surface area contributed by atoms with Crippen LogP contribution in [0.2, 0.25) is 0 Å². The zero-order valence-electron chi connectivity index (χ0n) is 12.9. The third kappa shape index (κ3) is 5.98. The molecule has 18 heavy (non-hydrogen) atoms. The third-order valence-corrected chi connectivity index (χ3v) is 3.74. The van der Waals surface area contributed by atoms with E-state index in [0.717, 1.165) is 6.54 Å². The average Bonchev–Trinajstić information content (AvgIpc) is 2.30. The van der Waals surface area contributed by atoms with Crippen molar-refractivity contribution in [2.24, 2.45) is 0 Å². The van der Waals surface area contributed by atoms with E-state index in [9.17, 15) is 0 Å². The smallest absolute Gasteiger partial charge is 0.0137 e. The van der Waals surface area contributed by atoms with Crippen LogP contribution in [0.1, 0.15) is 34.1 Å². The minimum atomic E-state index is 0.362. The molecule has 1 N–H and O–H groups in total. The van der Waals surface area contributed by atoms with Crippen molar-refractivity contribution in [1.29, 1.82) is 0 Å². The van der Waals surface area contributed by atoms with Gasteiger partial charge in [-0.2, -0.15) is 0 Å². The summed E-state index contributed by atoms with van der Waals surface area (Å²) in [5.41, 5.74) is 1.89. The van der Waals surface area contributed by atoms with Gasteiger partial charge in [0.2, 0.25) is 0 Å². The van der Waals surface area contributed by atoms with E-state index >= 15 is 0 Å². The summed E-state index contributed by atoms with van der Waals surface area (Å²) in [6.45, 7) is 16.2. The van der Waals surface area contributed by atoms with Gasteiger partial charge < -0.3 is 10.2 Å². The average molecular weight is 253 g/mol. The predicted molar refractivity (Wildman–Crippen MR) is 80.1 cm³/mol. The monoisotopic (exact) mass is 253 g/mol. The molecule has 0 radical (unpaired) electrons. The third-order valence-electron chi connectivity index (χ3n) is 3.74. The molecule has 0 aromatic heterocycles. The minimum Gasteiger partial charge on any atom is -0.313 e. The molecule has 3 nitrogen and oxygen atoms in total. The van der Waals surface area contributed by atoms with E-state index in [1.165, 1.54) is 44.7 Å². The van der Waals surface area contributed by atoms with Gasteiger partial charge in [-0.25, -0.2) is 0 Å². The van der Waals surface area contributed by atoms with Crippen LogP contribution in [0.15, 0.2) is 11.6 Å². The Balaban J connectivity index is 0.000000199. The minimum absolute atomic E-state index is 0.362. The quantitative estimate of drug-likeness (QED) is 0.666. The summed E-state index contributed by atoms with van der Waals surface area (Å²) in [5.74, 6) is 0. The molecule has 0 bridgehead atoms. The van der Waals surface area contributed by atoms with Crippen molar-refractivity contribution >= 4 is 0 Å². The molecule has 2 heterocycles. The molecule has 106 valence electrons. The lowest BCUT2D eigenvalue weighted by atomic mass is 10.1. The van der Waals surface area contributed by atoms with E-state index in [-0.39, 0.29) is 0 Å².